The molecule has 1 unspecified atom stereocenters. The number of halogens is 1. The predicted octanol–water partition coefficient (Wildman–Crippen LogP) is 7.29. The molecular formula is C50H54FN9O3. The van der Waals surface area contributed by atoms with Crippen LogP contribution in [0, 0.1) is 17.2 Å². The van der Waals surface area contributed by atoms with Crippen LogP contribution in [0.2, 0.25) is 0 Å². The molecule has 4 aliphatic heterocycles. The highest BCUT2D eigenvalue weighted by atomic mass is 19.1. The van der Waals surface area contributed by atoms with Gasteiger partial charge >= 0.3 is 6.01 Å². The number of alkyl halides is 1. The van der Waals surface area contributed by atoms with E-state index in [1.807, 2.05) is 22.9 Å². The third-order valence-corrected chi connectivity index (χ3v) is 14.9. The topological polar surface area (TPSA) is 116 Å². The third kappa shape index (κ3) is 6.93. The largest absolute Gasteiger partial charge is 0.461 e. The lowest BCUT2D eigenvalue weighted by Gasteiger charge is -2.57. The molecule has 324 valence electrons. The Morgan fingerprint density at radius 1 is 0.984 bits per heavy atom. The van der Waals surface area contributed by atoms with Crippen molar-refractivity contribution in [1.29, 1.82) is 5.26 Å². The minimum Gasteiger partial charge on any atom is -0.461 e. The first kappa shape index (κ1) is 40.0. The zero-order valence-electron chi connectivity index (χ0n) is 36.2. The Kier molecular flexibility index (Phi) is 9.99. The number of nitrogens with zero attached hydrogens (tertiary/aromatic N) is 9. The Morgan fingerprint density at radius 3 is 2.48 bits per heavy atom. The van der Waals surface area contributed by atoms with E-state index in [1.54, 1.807) is 19.0 Å². The molecule has 5 aromatic rings. The summed E-state index contributed by atoms with van der Waals surface area (Å²) >= 11 is 0. The minimum absolute atomic E-state index is 0.132. The van der Waals surface area contributed by atoms with Crippen LogP contribution in [0.15, 0.2) is 78.9 Å². The van der Waals surface area contributed by atoms with Crippen molar-refractivity contribution in [3.05, 3.63) is 129 Å². The number of carbonyl (C=O) groups is 1. The maximum Gasteiger partial charge on any atom is 0.318 e. The summed E-state index contributed by atoms with van der Waals surface area (Å²) in [6.45, 7) is 5.09. The second-order valence-electron chi connectivity index (χ2n) is 18.9. The third-order valence-electron chi connectivity index (χ3n) is 14.9. The summed E-state index contributed by atoms with van der Waals surface area (Å²) in [7, 11) is 3.48. The fourth-order valence-corrected chi connectivity index (χ4v) is 11.7. The van der Waals surface area contributed by atoms with E-state index >= 15 is 0 Å². The second-order valence-corrected chi connectivity index (χ2v) is 18.9. The van der Waals surface area contributed by atoms with Gasteiger partial charge in [0.2, 0.25) is 0 Å². The number of aryl methyl sites for hydroxylation is 1. The van der Waals surface area contributed by atoms with Crippen LogP contribution in [0.4, 0.5) is 15.9 Å². The zero-order chi connectivity index (χ0) is 42.9. The summed E-state index contributed by atoms with van der Waals surface area (Å²) in [6, 6.07) is 30.3. The van der Waals surface area contributed by atoms with Crippen LogP contribution in [0.25, 0.3) is 0 Å². The normalized spacial score (nSPS) is 25.6. The van der Waals surface area contributed by atoms with E-state index in [0.717, 1.165) is 72.7 Å². The molecule has 6 heterocycles. The number of ether oxygens (including phenoxy) is 2. The monoisotopic (exact) mass is 847 g/mol. The number of hydrogen-bond acceptors (Lipinski definition) is 10. The number of aromatic nitrogens is 4. The molecule has 2 saturated heterocycles. The van der Waals surface area contributed by atoms with Gasteiger partial charge in [-0.05, 0) is 79.3 Å². The van der Waals surface area contributed by atoms with Crippen molar-refractivity contribution in [1.82, 2.24) is 29.5 Å². The Hall–Kier alpha value is -5.84. The predicted molar refractivity (Wildman–Crippen MR) is 236 cm³/mol. The Balaban J connectivity index is 0.996. The van der Waals surface area contributed by atoms with Crippen LogP contribution in [0.1, 0.15) is 99.7 Å². The maximum absolute atomic E-state index is 14.9. The van der Waals surface area contributed by atoms with Crippen molar-refractivity contribution in [3.8, 4) is 12.1 Å². The molecule has 0 N–H and O–H groups in total. The lowest BCUT2D eigenvalue weighted by Crippen LogP contribution is -2.53. The van der Waals surface area contributed by atoms with E-state index in [9.17, 15) is 14.4 Å². The van der Waals surface area contributed by atoms with Crippen LogP contribution in [-0.2, 0) is 49.5 Å². The molecule has 3 atom stereocenters. The van der Waals surface area contributed by atoms with Crippen molar-refractivity contribution >= 4 is 17.4 Å². The Bertz CT molecular complexity index is 2550. The van der Waals surface area contributed by atoms with Gasteiger partial charge in [0.05, 0.1) is 41.3 Å². The molecule has 0 radical (unpaired) electrons. The standard InChI is InChI=1S/C50H54FN9O3/c1-56(2)47(61)42-23-38-30-57(18-10-20-60(38)55-42)46-41-31-63-50(25-43(41)53-48(54-46)62-32-49-17-9-19-59(49)29-37(51)24-49)36-21-35(22-36)39-15-16-44(40(26-52)45(39)50)58(27-33-11-5-3-6-12-33)28-34-13-7-4-8-14-34/h3-8,11-16,23,35-37H,9-10,17-22,24-25,27-32H2,1-2H3/t35?,36?,37-,49+,50?/m1/s1. The summed E-state index contributed by atoms with van der Waals surface area (Å²) in [5.74, 6) is 1.22. The van der Waals surface area contributed by atoms with Crippen molar-refractivity contribution in [3.63, 3.8) is 0 Å². The number of amides is 1. The van der Waals surface area contributed by atoms with Crippen molar-refractivity contribution in [2.24, 2.45) is 5.92 Å². The number of benzene rings is 3. The maximum atomic E-state index is 14.9. The van der Waals surface area contributed by atoms with Gasteiger partial charge < -0.3 is 24.2 Å². The van der Waals surface area contributed by atoms with Crippen LogP contribution >= 0.6 is 0 Å². The Labute approximate surface area is 368 Å². The van der Waals surface area contributed by atoms with Crippen molar-refractivity contribution in [2.75, 3.05) is 50.1 Å². The number of anilines is 2. The summed E-state index contributed by atoms with van der Waals surface area (Å²) < 4.78 is 30.9. The SMILES string of the molecule is CN(C)C(=O)c1cc2n(n1)CCCN(c1nc(OC[C@@]34CCCN3C[C@H](F)C4)nc3c1COC1(C3)c3c(ccc(N(Cc4ccccc4)Cc4ccccc4)c3C#N)C3CC1C3)C2. The lowest BCUT2D eigenvalue weighted by molar-refractivity contribution is -0.151. The van der Waals surface area contributed by atoms with E-state index in [-0.39, 0.29) is 24.0 Å². The summed E-state index contributed by atoms with van der Waals surface area (Å²) in [6.07, 6.45) is 4.76. The van der Waals surface area contributed by atoms with Gasteiger partial charge in [0.25, 0.3) is 5.91 Å². The number of nitriles is 1. The van der Waals surface area contributed by atoms with Crippen LogP contribution in [0.5, 0.6) is 6.01 Å². The summed E-state index contributed by atoms with van der Waals surface area (Å²) in [4.78, 5) is 31.8. The van der Waals surface area contributed by atoms with Gasteiger partial charge in [0.15, 0.2) is 5.69 Å². The lowest BCUT2D eigenvalue weighted by atomic mass is 9.53. The number of rotatable bonds is 10. The molecule has 63 heavy (non-hydrogen) atoms. The minimum atomic E-state index is -0.870. The first-order chi connectivity index (χ1) is 30.7. The fraction of sp³-hybridized carbons (Fsp3) is 0.460. The fourth-order valence-electron chi connectivity index (χ4n) is 11.7. The molecule has 12 nitrogen and oxygen atoms in total. The van der Waals surface area contributed by atoms with E-state index < -0.39 is 11.8 Å². The molecule has 3 fully saturated rings. The molecule has 2 bridgehead atoms. The van der Waals surface area contributed by atoms with Crippen LogP contribution in [0.3, 0.4) is 0 Å². The van der Waals surface area contributed by atoms with Gasteiger partial charge in [-0.25, -0.2) is 4.39 Å². The molecule has 1 amide bonds. The van der Waals surface area contributed by atoms with Gasteiger partial charge in [0, 0.05) is 70.8 Å². The summed E-state index contributed by atoms with van der Waals surface area (Å²) in [5, 5.41) is 16.0. The van der Waals surface area contributed by atoms with Gasteiger partial charge in [0.1, 0.15) is 30.3 Å². The number of carbonyl (C=O) groups excluding carboxylic acids is 1. The average Bonchev–Trinajstić information content (AvgIpc) is 3.91. The molecule has 12 rings (SSSR count). The molecule has 3 aromatic carbocycles. The first-order valence-corrected chi connectivity index (χ1v) is 22.7. The first-order valence-electron chi connectivity index (χ1n) is 22.7. The quantitative estimate of drug-likeness (QED) is 0.142. The summed E-state index contributed by atoms with van der Waals surface area (Å²) in [5.41, 5.74) is 8.16. The van der Waals surface area contributed by atoms with E-state index in [4.69, 9.17) is 24.5 Å². The number of fused-ring (bicyclic) bond motifs is 3. The molecule has 1 spiro atoms. The van der Waals surface area contributed by atoms with E-state index in [0.29, 0.717) is 81.9 Å². The van der Waals surface area contributed by atoms with Crippen LogP contribution in [-0.4, -0.2) is 87.5 Å². The van der Waals surface area contributed by atoms with Crippen molar-refractivity contribution in [2.45, 2.75) is 101 Å². The van der Waals surface area contributed by atoms with E-state index in [1.165, 1.54) is 16.7 Å². The van der Waals surface area contributed by atoms with E-state index in [2.05, 4.69) is 81.4 Å². The molecule has 3 aliphatic carbocycles. The highest BCUT2D eigenvalue weighted by Gasteiger charge is 2.58. The Morgan fingerprint density at radius 2 is 1.75 bits per heavy atom. The average molecular weight is 848 g/mol. The van der Waals surface area contributed by atoms with Gasteiger partial charge in [-0.2, -0.15) is 20.3 Å². The zero-order valence-corrected chi connectivity index (χ0v) is 36.2. The van der Waals surface area contributed by atoms with Crippen molar-refractivity contribution < 1.29 is 18.7 Å². The molecule has 7 aliphatic rings. The molecule has 2 aromatic heterocycles. The van der Waals surface area contributed by atoms with Gasteiger partial charge in [-0.15, -0.1) is 0 Å². The van der Waals surface area contributed by atoms with Gasteiger partial charge in [-0.3, -0.25) is 14.4 Å². The molecule has 13 heteroatoms. The highest BCUT2D eigenvalue weighted by Crippen LogP contribution is 2.63. The highest BCUT2D eigenvalue weighted by molar-refractivity contribution is 5.92. The van der Waals surface area contributed by atoms with Gasteiger partial charge in [-0.1, -0.05) is 66.7 Å². The second kappa shape index (κ2) is 15.7. The molecular weight excluding hydrogens is 794 g/mol. The molecule has 1 saturated carbocycles. The van der Waals surface area contributed by atoms with Crippen LogP contribution < -0.4 is 14.5 Å². The number of hydrogen-bond donors (Lipinski definition) is 0. The smallest absolute Gasteiger partial charge is 0.318 e.